The molecule has 19 heavy (non-hydrogen) atoms. The van der Waals surface area contributed by atoms with E-state index < -0.39 is 0 Å². The summed E-state index contributed by atoms with van der Waals surface area (Å²) < 4.78 is 16.9. The monoisotopic (exact) mass is 329 g/mol. The van der Waals surface area contributed by atoms with Gasteiger partial charge in [-0.05, 0) is 46.5 Å². The van der Waals surface area contributed by atoms with Gasteiger partial charge in [0, 0.05) is 25.8 Å². The van der Waals surface area contributed by atoms with E-state index in [-0.39, 0.29) is 0 Å². The third-order valence-electron chi connectivity index (χ3n) is 3.31. The van der Waals surface area contributed by atoms with Crippen molar-refractivity contribution in [3.8, 4) is 11.5 Å². The summed E-state index contributed by atoms with van der Waals surface area (Å²) in [4.78, 5) is 0. The maximum absolute atomic E-state index is 5.35. The summed E-state index contributed by atoms with van der Waals surface area (Å²) >= 11 is 3.51. The van der Waals surface area contributed by atoms with Crippen molar-refractivity contribution in [2.45, 2.75) is 25.4 Å². The van der Waals surface area contributed by atoms with E-state index in [9.17, 15) is 0 Å². The molecule has 1 fully saturated rings. The Morgan fingerprint density at radius 2 is 2.00 bits per heavy atom. The summed E-state index contributed by atoms with van der Waals surface area (Å²) in [5, 5.41) is 3.56. The zero-order valence-corrected chi connectivity index (χ0v) is 13.0. The molecule has 0 unspecified atom stereocenters. The fraction of sp³-hybridized carbons (Fsp3) is 0.571. The van der Waals surface area contributed by atoms with Gasteiger partial charge in [-0.15, -0.1) is 0 Å². The summed E-state index contributed by atoms with van der Waals surface area (Å²) in [6, 6.07) is 4.62. The average Bonchev–Trinajstić information content (AvgIpc) is 2.45. The van der Waals surface area contributed by atoms with Crippen LogP contribution in [0.15, 0.2) is 16.6 Å². The zero-order chi connectivity index (χ0) is 13.7. The molecular weight excluding hydrogens is 310 g/mol. The van der Waals surface area contributed by atoms with Crippen molar-refractivity contribution < 1.29 is 14.2 Å². The van der Waals surface area contributed by atoms with E-state index in [2.05, 4.69) is 27.3 Å². The van der Waals surface area contributed by atoms with Crippen LogP contribution in [0.2, 0.25) is 0 Å². The van der Waals surface area contributed by atoms with Crippen molar-refractivity contribution in [3.05, 3.63) is 22.2 Å². The van der Waals surface area contributed by atoms with E-state index in [4.69, 9.17) is 14.2 Å². The molecule has 0 atom stereocenters. The highest BCUT2D eigenvalue weighted by molar-refractivity contribution is 9.10. The van der Waals surface area contributed by atoms with Crippen LogP contribution in [-0.4, -0.2) is 33.5 Å². The normalized spacial score (nSPS) is 16.4. The van der Waals surface area contributed by atoms with Gasteiger partial charge in [0.1, 0.15) is 0 Å². The highest BCUT2D eigenvalue weighted by Crippen LogP contribution is 2.36. The van der Waals surface area contributed by atoms with Gasteiger partial charge in [-0.25, -0.2) is 0 Å². The summed E-state index contributed by atoms with van der Waals surface area (Å²) in [6.45, 7) is 2.53. The molecule has 0 bridgehead atoms. The lowest BCUT2D eigenvalue weighted by Crippen LogP contribution is -2.34. The van der Waals surface area contributed by atoms with E-state index in [0.717, 1.165) is 48.6 Å². The highest BCUT2D eigenvalue weighted by Gasteiger charge is 2.14. The first-order valence-electron chi connectivity index (χ1n) is 6.46. The molecule has 2 rings (SSSR count). The molecule has 0 saturated carbocycles. The number of benzene rings is 1. The minimum atomic E-state index is 0.542. The second kappa shape index (κ2) is 7.12. The smallest absolute Gasteiger partial charge is 0.174 e. The number of halogens is 1. The van der Waals surface area contributed by atoms with Gasteiger partial charge in [-0.1, -0.05) is 0 Å². The van der Waals surface area contributed by atoms with Crippen molar-refractivity contribution in [1.29, 1.82) is 0 Å². The first kappa shape index (κ1) is 14.6. The van der Waals surface area contributed by atoms with Crippen molar-refractivity contribution in [3.63, 3.8) is 0 Å². The Bertz CT molecular complexity index is 419. The number of hydrogen-bond donors (Lipinski definition) is 1. The fourth-order valence-electron chi connectivity index (χ4n) is 2.24. The van der Waals surface area contributed by atoms with Gasteiger partial charge in [-0.2, -0.15) is 0 Å². The molecule has 1 saturated heterocycles. The van der Waals surface area contributed by atoms with E-state index in [1.165, 1.54) is 5.56 Å². The van der Waals surface area contributed by atoms with Gasteiger partial charge >= 0.3 is 0 Å². The molecule has 1 aliphatic rings. The molecule has 106 valence electrons. The number of methoxy groups -OCH3 is 2. The first-order valence-corrected chi connectivity index (χ1v) is 7.25. The molecule has 1 aliphatic heterocycles. The molecule has 1 N–H and O–H groups in total. The molecule has 1 aromatic rings. The Kier molecular flexibility index (Phi) is 5.48. The molecule has 0 aliphatic carbocycles. The van der Waals surface area contributed by atoms with Crippen LogP contribution in [0.5, 0.6) is 11.5 Å². The topological polar surface area (TPSA) is 39.7 Å². The van der Waals surface area contributed by atoms with Crippen LogP contribution in [0.4, 0.5) is 0 Å². The maximum Gasteiger partial charge on any atom is 0.174 e. The first-order chi connectivity index (χ1) is 9.24. The largest absolute Gasteiger partial charge is 0.493 e. The summed E-state index contributed by atoms with van der Waals surface area (Å²) in [5.41, 5.74) is 1.18. The second-order valence-electron chi connectivity index (χ2n) is 4.58. The Labute approximate surface area is 122 Å². The van der Waals surface area contributed by atoms with Crippen LogP contribution in [0.25, 0.3) is 0 Å². The van der Waals surface area contributed by atoms with Crippen molar-refractivity contribution in [2.24, 2.45) is 0 Å². The van der Waals surface area contributed by atoms with E-state index in [0.29, 0.717) is 6.04 Å². The number of nitrogens with one attached hydrogen (secondary N) is 1. The lowest BCUT2D eigenvalue weighted by molar-refractivity contribution is 0.0776. The molecule has 1 heterocycles. The van der Waals surface area contributed by atoms with Gasteiger partial charge in [0.2, 0.25) is 0 Å². The third-order valence-corrected chi connectivity index (χ3v) is 3.90. The molecule has 0 amide bonds. The summed E-state index contributed by atoms with van der Waals surface area (Å²) in [6.07, 6.45) is 2.16. The highest BCUT2D eigenvalue weighted by atomic mass is 79.9. The molecule has 0 radical (unpaired) electrons. The van der Waals surface area contributed by atoms with Crippen LogP contribution in [0, 0.1) is 0 Å². The van der Waals surface area contributed by atoms with Crippen LogP contribution in [-0.2, 0) is 11.3 Å². The predicted octanol–water partition coefficient (Wildman–Crippen LogP) is 2.73. The van der Waals surface area contributed by atoms with Crippen LogP contribution >= 0.6 is 15.9 Å². The van der Waals surface area contributed by atoms with Crippen molar-refractivity contribution >= 4 is 15.9 Å². The fourth-order valence-corrected chi connectivity index (χ4v) is 2.89. The number of ether oxygens (including phenoxy) is 3. The van der Waals surface area contributed by atoms with Crippen LogP contribution < -0.4 is 14.8 Å². The molecule has 1 aromatic carbocycles. The lowest BCUT2D eigenvalue weighted by atomic mass is 10.1. The van der Waals surface area contributed by atoms with E-state index in [1.807, 2.05) is 6.07 Å². The standard InChI is InChI=1S/C14H20BrNO3/c1-17-13-8-10(7-12(15)14(13)18-2)9-16-11-3-5-19-6-4-11/h7-8,11,16H,3-6,9H2,1-2H3. The van der Waals surface area contributed by atoms with Crippen molar-refractivity contribution in [1.82, 2.24) is 5.32 Å². The molecular formula is C14H20BrNO3. The molecule has 0 spiro atoms. The van der Waals surface area contributed by atoms with Crippen LogP contribution in [0.1, 0.15) is 18.4 Å². The predicted molar refractivity (Wildman–Crippen MR) is 77.9 cm³/mol. The summed E-state index contributed by atoms with van der Waals surface area (Å²) in [5.74, 6) is 1.48. The lowest BCUT2D eigenvalue weighted by Gasteiger charge is -2.23. The Balaban J connectivity index is 2.01. The van der Waals surface area contributed by atoms with E-state index in [1.54, 1.807) is 14.2 Å². The summed E-state index contributed by atoms with van der Waals surface area (Å²) in [7, 11) is 3.29. The third kappa shape index (κ3) is 3.84. The second-order valence-corrected chi connectivity index (χ2v) is 5.44. The Morgan fingerprint density at radius 1 is 1.26 bits per heavy atom. The van der Waals surface area contributed by atoms with Gasteiger partial charge in [0.15, 0.2) is 11.5 Å². The Morgan fingerprint density at radius 3 is 2.63 bits per heavy atom. The minimum Gasteiger partial charge on any atom is -0.493 e. The average molecular weight is 330 g/mol. The van der Waals surface area contributed by atoms with Gasteiger partial charge in [0.25, 0.3) is 0 Å². The quantitative estimate of drug-likeness (QED) is 0.901. The SMILES string of the molecule is COc1cc(CNC2CCOCC2)cc(Br)c1OC. The van der Waals surface area contributed by atoms with Gasteiger partial charge in [-0.3, -0.25) is 0 Å². The van der Waals surface area contributed by atoms with Crippen molar-refractivity contribution in [2.75, 3.05) is 27.4 Å². The zero-order valence-electron chi connectivity index (χ0n) is 11.4. The number of hydrogen-bond acceptors (Lipinski definition) is 4. The maximum atomic E-state index is 5.35. The van der Waals surface area contributed by atoms with Gasteiger partial charge in [0.05, 0.1) is 18.7 Å². The minimum absolute atomic E-state index is 0.542. The van der Waals surface area contributed by atoms with E-state index >= 15 is 0 Å². The molecule has 4 nitrogen and oxygen atoms in total. The van der Waals surface area contributed by atoms with Crippen LogP contribution in [0.3, 0.4) is 0 Å². The van der Waals surface area contributed by atoms with Gasteiger partial charge < -0.3 is 19.5 Å². The number of rotatable bonds is 5. The molecule has 0 aromatic heterocycles. The Hall–Kier alpha value is -0.780. The molecule has 5 heteroatoms.